The van der Waals surface area contributed by atoms with Gasteiger partial charge in [0.2, 0.25) is 5.95 Å². The molecule has 0 spiro atoms. The van der Waals surface area contributed by atoms with Crippen LogP contribution in [0.1, 0.15) is 40.5 Å². The molecular weight excluding hydrogens is 364 g/mol. The lowest BCUT2D eigenvalue weighted by atomic mass is 9.89. The normalized spacial score (nSPS) is 16.7. The number of piperidine rings is 1. The fraction of sp³-hybridized carbons (Fsp3) is 0.364. The van der Waals surface area contributed by atoms with Crippen LogP contribution in [0.3, 0.4) is 0 Å². The molecule has 7 heteroatoms. The van der Waals surface area contributed by atoms with Crippen LogP contribution in [0, 0.1) is 6.92 Å². The smallest absolute Gasteiger partial charge is 0.257 e. The molecule has 1 aliphatic rings. The average molecular weight is 390 g/mol. The number of aromatic nitrogens is 4. The summed E-state index contributed by atoms with van der Waals surface area (Å²) in [7, 11) is 3.89. The molecule has 1 fully saturated rings. The van der Waals surface area contributed by atoms with E-state index in [0.717, 1.165) is 41.9 Å². The minimum Gasteiger partial charge on any atom is -0.347 e. The number of aromatic amines is 1. The highest BCUT2D eigenvalue weighted by Crippen LogP contribution is 2.34. The van der Waals surface area contributed by atoms with Gasteiger partial charge in [0.15, 0.2) is 0 Å². The summed E-state index contributed by atoms with van der Waals surface area (Å²) in [6.45, 7) is 3.28. The molecule has 150 valence electrons. The summed E-state index contributed by atoms with van der Waals surface area (Å²) in [5.41, 5.74) is 4.60. The van der Waals surface area contributed by atoms with Gasteiger partial charge in [-0.3, -0.25) is 9.89 Å². The molecule has 7 nitrogen and oxygen atoms in total. The second-order valence-electron chi connectivity index (χ2n) is 7.73. The summed E-state index contributed by atoms with van der Waals surface area (Å²) in [5, 5.41) is 6.86. The number of likely N-dealkylation sites (tertiary alicyclic amines) is 1. The van der Waals surface area contributed by atoms with Gasteiger partial charge in [-0.1, -0.05) is 30.3 Å². The predicted octanol–water partition coefficient (Wildman–Crippen LogP) is 3.26. The number of hydrogen-bond acceptors (Lipinski definition) is 5. The van der Waals surface area contributed by atoms with Gasteiger partial charge in [0, 0.05) is 50.6 Å². The number of rotatable bonds is 4. The molecule has 0 bridgehead atoms. The zero-order chi connectivity index (χ0) is 20.4. The van der Waals surface area contributed by atoms with Crippen LogP contribution < -0.4 is 4.90 Å². The second kappa shape index (κ2) is 8.03. The van der Waals surface area contributed by atoms with Crippen molar-refractivity contribution in [3.05, 3.63) is 59.7 Å². The first kappa shape index (κ1) is 19.1. The Bertz CT molecular complexity index is 998. The number of nitrogens with zero attached hydrogens (tertiary/aromatic N) is 5. The van der Waals surface area contributed by atoms with E-state index in [4.69, 9.17) is 4.98 Å². The Labute approximate surface area is 170 Å². The zero-order valence-corrected chi connectivity index (χ0v) is 17.1. The number of anilines is 1. The lowest BCUT2D eigenvalue weighted by molar-refractivity contribution is 0.0705. The van der Waals surface area contributed by atoms with Crippen molar-refractivity contribution in [3.8, 4) is 11.1 Å². The minimum absolute atomic E-state index is 0.0316. The summed E-state index contributed by atoms with van der Waals surface area (Å²) in [6.07, 6.45) is 5.47. The first-order valence-electron chi connectivity index (χ1n) is 9.93. The van der Waals surface area contributed by atoms with E-state index in [1.165, 1.54) is 0 Å². The van der Waals surface area contributed by atoms with Crippen LogP contribution in [0.25, 0.3) is 11.1 Å². The molecule has 0 unspecified atom stereocenters. The van der Waals surface area contributed by atoms with Gasteiger partial charge in [-0.15, -0.1) is 0 Å². The van der Waals surface area contributed by atoms with E-state index in [0.29, 0.717) is 18.1 Å². The molecular formula is C22H26N6O. The molecule has 3 aromatic rings. The summed E-state index contributed by atoms with van der Waals surface area (Å²) in [5.74, 6) is 0.884. The number of H-pyrrole nitrogens is 1. The number of carbonyl (C=O) groups excluding carboxylic acids is 1. The number of amides is 1. The molecule has 1 atom stereocenters. The maximum Gasteiger partial charge on any atom is 0.257 e. The Hall–Kier alpha value is -3.22. The zero-order valence-electron chi connectivity index (χ0n) is 17.1. The van der Waals surface area contributed by atoms with Crippen LogP contribution in [0.4, 0.5) is 5.95 Å². The molecule has 3 heterocycles. The third kappa shape index (κ3) is 3.85. The van der Waals surface area contributed by atoms with Crippen LogP contribution in [0.15, 0.2) is 42.7 Å². The Balaban J connectivity index is 1.68. The lowest BCUT2D eigenvalue weighted by Gasteiger charge is -2.33. The van der Waals surface area contributed by atoms with E-state index in [2.05, 4.69) is 27.3 Å². The largest absolute Gasteiger partial charge is 0.347 e. The van der Waals surface area contributed by atoms with Crippen molar-refractivity contribution >= 4 is 11.9 Å². The molecule has 1 saturated heterocycles. The van der Waals surface area contributed by atoms with Crippen molar-refractivity contribution in [1.29, 1.82) is 0 Å². The average Bonchev–Trinajstić information content (AvgIpc) is 3.19. The Morgan fingerprint density at radius 3 is 2.69 bits per heavy atom. The number of hydrogen-bond donors (Lipinski definition) is 1. The fourth-order valence-electron chi connectivity index (χ4n) is 3.87. The topological polar surface area (TPSA) is 78.0 Å². The third-order valence-electron chi connectivity index (χ3n) is 5.45. The third-order valence-corrected chi connectivity index (χ3v) is 5.45. The van der Waals surface area contributed by atoms with Crippen LogP contribution in [-0.4, -0.2) is 58.2 Å². The number of benzene rings is 1. The van der Waals surface area contributed by atoms with Crippen molar-refractivity contribution < 1.29 is 4.79 Å². The van der Waals surface area contributed by atoms with Crippen molar-refractivity contribution in [3.63, 3.8) is 0 Å². The number of aryl methyl sites for hydroxylation is 1. The second-order valence-corrected chi connectivity index (χ2v) is 7.73. The van der Waals surface area contributed by atoms with E-state index < -0.39 is 0 Å². The van der Waals surface area contributed by atoms with Crippen molar-refractivity contribution in [1.82, 2.24) is 25.1 Å². The first-order chi connectivity index (χ1) is 14.0. The Kier molecular flexibility index (Phi) is 5.29. The van der Waals surface area contributed by atoms with Gasteiger partial charge in [-0.05, 0) is 25.3 Å². The Morgan fingerprint density at radius 1 is 1.21 bits per heavy atom. The van der Waals surface area contributed by atoms with Gasteiger partial charge in [-0.25, -0.2) is 9.97 Å². The maximum atomic E-state index is 13.0. The predicted molar refractivity (Wildman–Crippen MR) is 113 cm³/mol. The van der Waals surface area contributed by atoms with E-state index in [1.54, 1.807) is 6.20 Å². The molecule has 0 aliphatic carbocycles. The summed E-state index contributed by atoms with van der Waals surface area (Å²) < 4.78 is 0. The van der Waals surface area contributed by atoms with Gasteiger partial charge in [0.25, 0.3) is 5.91 Å². The van der Waals surface area contributed by atoms with Gasteiger partial charge in [-0.2, -0.15) is 5.10 Å². The van der Waals surface area contributed by atoms with Crippen LogP contribution >= 0.6 is 0 Å². The highest BCUT2D eigenvalue weighted by atomic mass is 16.2. The summed E-state index contributed by atoms with van der Waals surface area (Å²) in [6, 6.07) is 10.2. The summed E-state index contributed by atoms with van der Waals surface area (Å²) >= 11 is 0. The molecule has 29 heavy (non-hydrogen) atoms. The molecule has 1 aromatic carbocycles. The highest BCUT2D eigenvalue weighted by molar-refractivity contribution is 5.95. The number of carbonyl (C=O) groups is 1. The van der Waals surface area contributed by atoms with E-state index in [1.807, 2.05) is 55.2 Å². The number of nitrogens with one attached hydrogen (secondary N) is 1. The van der Waals surface area contributed by atoms with E-state index in [9.17, 15) is 4.79 Å². The molecule has 0 saturated carbocycles. The van der Waals surface area contributed by atoms with Crippen LogP contribution in [0.5, 0.6) is 0 Å². The van der Waals surface area contributed by atoms with Gasteiger partial charge >= 0.3 is 0 Å². The van der Waals surface area contributed by atoms with E-state index >= 15 is 0 Å². The van der Waals surface area contributed by atoms with Gasteiger partial charge in [0.1, 0.15) is 0 Å². The molecule has 0 radical (unpaired) electrons. The fourth-order valence-corrected chi connectivity index (χ4v) is 3.87. The monoisotopic (exact) mass is 390 g/mol. The highest BCUT2D eigenvalue weighted by Gasteiger charge is 2.29. The van der Waals surface area contributed by atoms with Crippen LogP contribution in [-0.2, 0) is 0 Å². The van der Waals surface area contributed by atoms with Crippen molar-refractivity contribution in [2.45, 2.75) is 25.7 Å². The van der Waals surface area contributed by atoms with Gasteiger partial charge < -0.3 is 9.80 Å². The lowest BCUT2D eigenvalue weighted by Crippen LogP contribution is -2.39. The minimum atomic E-state index is 0.0316. The summed E-state index contributed by atoms with van der Waals surface area (Å²) in [4.78, 5) is 26.3. The maximum absolute atomic E-state index is 13.0. The van der Waals surface area contributed by atoms with Crippen molar-refractivity contribution in [2.75, 3.05) is 32.1 Å². The van der Waals surface area contributed by atoms with Crippen LogP contribution in [0.2, 0.25) is 0 Å². The molecule has 1 N–H and O–H groups in total. The Morgan fingerprint density at radius 2 is 2.00 bits per heavy atom. The molecule has 1 amide bonds. The van der Waals surface area contributed by atoms with E-state index in [-0.39, 0.29) is 11.8 Å². The SMILES string of the molecule is Cc1[nH]ncc1C(=O)N1CCC[C@H](c2nc(N(C)C)ncc2-c2ccccc2)C1. The van der Waals surface area contributed by atoms with Crippen molar-refractivity contribution in [2.24, 2.45) is 0 Å². The molecule has 1 aliphatic heterocycles. The molecule has 4 rings (SSSR count). The van der Waals surface area contributed by atoms with Gasteiger partial charge in [0.05, 0.1) is 17.5 Å². The standard InChI is InChI=1S/C22H26N6O/c1-15-18(13-24-26-15)21(29)28-11-7-10-17(14-28)20-19(16-8-5-4-6-9-16)12-23-22(25-20)27(2)3/h4-6,8-9,12-13,17H,7,10-11,14H2,1-3H3,(H,24,26)/t17-/m0/s1. The quantitative estimate of drug-likeness (QED) is 0.740. The molecule has 2 aromatic heterocycles. The first-order valence-corrected chi connectivity index (χ1v) is 9.93.